The molecule has 0 aliphatic heterocycles. The fraction of sp³-hybridized carbons (Fsp3) is 0.600. The van der Waals surface area contributed by atoms with E-state index in [-0.39, 0.29) is 48.0 Å². The molecule has 0 amide bonds. The fourth-order valence-electron chi connectivity index (χ4n) is 1.09. The maximum atomic E-state index is 5.12. The number of thioether (sulfide) groups is 1. The Balaban J connectivity index is 0. The zero-order valence-electron chi connectivity index (χ0n) is 10.7. The lowest BCUT2D eigenvalue weighted by Gasteiger charge is -2.14. The van der Waals surface area contributed by atoms with Crippen LogP contribution in [0.15, 0.2) is 6.33 Å². The van der Waals surface area contributed by atoms with Crippen LogP contribution in [0, 0.1) is 6.92 Å². The van der Waals surface area contributed by atoms with Crippen molar-refractivity contribution in [2.45, 2.75) is 12.7 Å². The SMILES string of the molecule is Cc1[nH]cnc1CSCCNC(=S)N(C)C.I.I. The number of imidazole rings is 1. The van der Waals surface area contributed by atoms with Crippen molar-refractivity contribution >= 4 is 77.0 Å². The van der Waals surface area contributed by atoms with Gasteiger partial charge in [-0.3, -0.25) is 0 Å². The predicted molar refractivity (Wildman–Crippen MR) is 105 cm³/mol. The molecule has 1 rings (SSSR count). The first-order valence-electron chi connectivity index (χ1n) is 5.13. The molecular formula is C10H20I2N4S2. The van der Waals surface area contributed by atoms with E-state index in [1.807, 2.05) is 37.7 Å². The van der Waals surface area contributed by atoms with E-state index >= 15 is 0 Å². The van der Waals surface area contributed by atoms with Crippen molar-refractivity contribution < 1.29 is 0 Å². The minimum atomic E-state index is 0. The average Bonchev–Trinajstić information content (AvgIpc) is 2.63. The van der Waals surface area contributed by atoms with Crippen LogP contribution in [0.2, 0.25) is 0 Å². The van der Waals surface area contributed by atoms with Crippen LogP contribution >= 0.6 is 71.9 Å². The number of hydrogen-bond donors (Lipinski definition) is 2. The number of aromatic amines is 1. The van der Waals surface area contributed by atoms with Gasteiger partial charge in [-0.15, -0.1) is 48.0 Å². The first kappa shape index (κ1) is 21.0. The van der Waals surface area contributed by atoms with Crippen LogP contribution in [0.3, 0.4) is 0 Å². The normalized spacial score (nSPS) is 9.06. The van der Waals surface area contributed by atoms with Crippen LogP contribution in [-0.4, -0.2) is 46.4 Å². The molecule has 0 fully saturated rings. The zero-order chi connectivity index (χ0) is 12.0. The van der Waals surface area contributed by atoms with E-state index in [1.54, 1.807) is 6.33 Å². The molecule has 18 heavy (non-hydrogen) atoms. The number of nitrogens with zero attached hydrogens (tertiary/aromatic N) is 2. The van der Waals surface area contributed by atoms with E-state index in [2.05, 4.69) is 15.3 Å². The summed E-state index contributed by atoms with van der Waals surface area (Å²) in [6.45, 7) is 2.94. The molecule has 0 spiro atoms. The Morgan fingerprint density at radius 2 is 2.17 bits per heavy atom. The maximum Gasteiger partial charge on any atom is 0.168 e. The summed E-state index contributed by atoms with van der Waals surface area (Å²) in [4.78, 5) is 9.22. The summed E-state index contributed by atoms with van der Waals surface area (Å²) in [5.41, 5.74) is 2.30. The molecule has 0 saturated carbocycles. The molecule has 0 saturated heterocycles. The van der Waals surface area contributed by atoms with Crippen molar-refractivity contribution in [3.8, 4) is 0 Å². The van der Waals surface area contributed by atoms with Gasteiger partial charge in [0.15, 0.2) is 5.11 Å². The highest BCUT2D eigenvalue weighted by atomic mass is 127. The number of rotatable bonds is 5. The number of aryl methyl sites for hydroxylation is 1. The number of aromatic nitrogens is 2. The Hall–Kier alpha value is 0.710. The quantitative estimate of drug-likeness (QED) is 0.360. The third kappa shape index (κ3) is 8.00. The molecule has 1 heterocycles. The summed E-state index contributed by atoms with van der Waals surface area (Å²) in [6, 6.07) is 0. The van der Waals surface area contributed by atoms with Crippen molar-refractivity contribution in [3.05, 3.63) is 17.7 Å². The van der Waals surface area contributed by atoms with Crippen LogP contribution in [0.4, 0.5) is 0 Å². The highest BCUT2D eigenvalue weighted by Gasteiger charge is 2.01. The molecule has 106 valence electrons. The standard InChI is InChI=1S/C10H18N4S2.2HI/c1-8-9(13-7-12-8)6-16-5-4-11-10(15)14(2)3;;/h7H,4-6H2,1-3H3,(H,11,15)(H,12,13);2*1H. The first-order valence-corrected chi connectivity index (χ1v) is 6.69. The van der Waals surface area contributed by atoms with Gasteiger partial charge in [-0.2, -0.15) is 11.8 Å². The van der Waals surface area contributed by atoms with E-state index in [4.69, 9.17) is 12.2 Å². The van der Waals surface area contributed by atoms with Crippen LogP contribution in [0.1, 0.15) is 11.4 Å². The van der Waals surface area contributed by atoms with Crippen molar-refractivity contribution in [1.29, 1.82) is 0 Å². The molecular weight excluding hydrogens is 494 g/mol. The second-order valence-corrected chi connectivity index (χ2v) is 5.15. The highest BCUT2D eigenvalue weighted by molar-refractivity contribution is 14.0. The van der Waals surface area contributed by atoms with Gasteiger partial charge in [0.25, 0.3) is 0 Å². The van der Waals surface area contributed by atoms with Gasteiger partial charge < -0.3 is 15.2 Å². The Bertz CT molecular complexity index is 344. The molecule has 0 aromatic carbocycles. The molecule has 8 heteroatoms. The zero-order valence-corrected chi connectivity index (χ0v) is 17.0. The lowest BCUT2D eigenvalue weighted by Crippen LogP contribution is -2.35. The van der Waals surface area contributed by atoms with E-state index in [9.17, 15) is 0 Å². The van der Waals surface area contributed by atoms with Crippen molar-refractivity contribution in [2.75, 3.05) is 26.4 Å². The minimum Gasteiger partial charge on any atom is -0.362 e. The Labute approximate surface area is 152 Å². The average molecular weight is 514 g/mol. The van der Waals surface area contributed by atoms with Crippen molar-refractivity contribution in [2.24, 2.45) is 0 Å². The third-order valence-electron chi connectivity index (χ3n) is 2.10. The molecule has 4 nitrogen and oxygen atoms in total. The number of H-pyrrole nitrogens is 1. The van der Waals surface area contributed by atoms with E-state index in [0.29, 0.717) is 0 Å². The van der Waals surface area contributed by atoms with Crippen LogP contribution in [0.5, 0.6) is 0 Å². The van der Waals surface area contributed by atoms with Gasteiger partial charge in [0.05, 0.1) is 12.0 Å². The number of thiocarbonyl (C=S) groups is 1. The lowest BCUT2D eigenvalue weighted by atomic mass is 10.4. The summed E-state index contributed by atoms with van der Waals surface area (Å²) >= 11 is 6.97. The largest absolute Gasteiger partial charge is 0.362 e. The summed E-state index contributed by atoms with van der Waals surface area (Å²) in [7, 11) is 3.88. The number of halogens is 2. The smallest absolute Gasteiger partial charge is 0.168 e. The minimum absolute atomic E-state index is 0. The molecule has 0 aliphatic rings. The second kappa shape index (κ2) is 11.5. The lowest BCUT2D eigenvalue weighted by molar-refractivity contribution is 0.605. The van der Waals surface area contributed by atoms with Gasteiger partial charge in [-0.05, 0) is 19.1 Å². The molecule has 0 unspecified atom stereocenters. The van der Waals surface area contributed by atoms with Crippen molar-refractivity contribution in [3.63, 3.8) is 0 Å². The maximum absolute atomic E-state index is 5.12. The number of hydrogen-bond acceptors (Lipinski definition) is 3. The van der Waals surface area contributed by atoms with Crippen LogP contribution in [0.25, 0.3) is 0 Å². The summed E-state index contributed by atoms with van der Waals surface area (Å²) in [5, 5.41) is 3.97. The van der Waals surface area contributed by atoms with Crippen LogP contribution < -0.4 is 5.32 Å². The summed E-state index contributed by atoms with van der Waals surface area (Å²) in [6.07, 6.45) is 1.74. The molecule has 1 aromatic rings. The van der Waals surface area contributed by atoms with E-state index < -0.39 is 0 Å². The monoisotopic (exact) mass is 514 g/mol. The molecule has 0 atom stereocenters. The van der Waals surface area contributed by atoms with Gasteiger partial charge >= 0.3 is 0 Å². The molecule has 0 aliphatic carbocycles. The molecule has 2 N–H and O–H groups in total. The van der Waals surface area contributed by atoms with Crippen molar-refractivity contribution in [1.82, 2.24) is 20.2 Å². The Kier molecular flexibility index (Phi) is 13.5. The predicted octanol–water partition coefficient (Wildman–Crippen LogP) is 2.62. The Morgan fingerprint density at radius 3 is 2.67 bits per heavy atom. The van der Waals surface area contributed by atoms with Gasteiger partial charge in [-0.25, -0.2) is 4.98 Å². The second-order valence-electron chi connectivity index (χ2n) is 3.65. The summed E-state index contributed by atoms with van der Waals surface area (Å²) < 4.78 is 0. The first-order chi connectivity index (χ1) is 7.61. The third-order valence-corrected chi connectivity index (χ3v) is 3.58. The molecule has 0 radical (unpaired) electrons. The summed E-state index contributed by atoms with van der Waals surface area (Å²) in [5.74, 6) is 1.98. The van der Waals surface area contributed by atoms with Gasteiger partial charge in [-0.1, -0.05) is 0 Å². The molecule has 1 aromatic heterocycles. The topological polar surface area (TPSA) is 44.0 Å². The number of nitrogens with one attached hydrogen (secondary N) is 2. The Morgan fingerprint density at radius 1 is 1.50 bits per heavy atom. The van der Waals surface area contributed by atoms with Gasteiger partial charge in [0.2, 0.25) is 0 Å². The fourth-order valence-corrected chi connectivity index (χ4v) is 2.07. The van der Waals surface area contributed by atoms with Gasteiger partial charge in [0.1, 0.15) is 0 Å². The van der Waals surface area contributed by atoms with E-state index in [0.717, 1.165) is 34.6 Å². The van der Waals surface area contributed by atoms with E-state index in [1.165, 1.54) is 0 Å². The molecule has 0 bridgehead atoms. The van der Waals surface area contributed by atoms with Gasteiger partial charge in [0, 0.05) is 37.8 Å². The van der Waals surface area contributed by atoms with Crippen LogP contribution in [-0.2, 0) is 5.75 Å². The highest BCUT2D eigenvalue weighted by Crippen LogP contribution is 2.11.